The van der Waals surface area contributed by atoms with Gasteiger partial charge in [-0.2, -0.15) is 0 Å². The Labute approximate surface area is 119 Å². The largest absolute Gasteiger partial charge is 0.460 e. The van der Waals surface area contributed by atoms with Crippen molar-refractivity contribution in [2.75, 3.05) is 0 Å². The van der Waals surface area contributed by atoms with Crippen LogP contribution in [0.1, 0.15) is 26.3 Å². The average Bonchev–Trinajstić information content (AvgIpc) is 2.08. The van der Waals surface area contributed by atoms with Gasteiger partial charge in [-0.15, -0.1) is 0 Å². The Hall–Kier alpha value is -0.250. The smallest absolute Gasteiger partial charge is 0.310 e. The van der Waals surface area contributed by atoms with Crippen molar-refractivity contribution in [1.82, 2.24) is 0 Å². The van der Waals surface area contributed by atoms with Crippen LogP contribution < -0.4 is 0 Å². The van der Waals surface area contributed by atoms with E-state index in [1.165, 1.54) is 0 Å². The van der Waals surface area contributed by atoms with Crippen molar-refractivity contribution in [3.63, 3.8) is 0 Å². The monoisotopic (exact) mass is 338 g/mol. The van der Waals surface area contributed by atoms with Crippen molar-refractivity contribution < 1.29 is 9.53 Å². The molecule has 0 unspecified atom stereocenters. The highest BCUT2D eigenvalue weighted by Gasteiger charge is 2.19. The third-order valence-electron chi connectivity index (χ3n) is 1.85. The Kier molecular flexibility index (Phi) is 4.87. The van der Waals surface area contributed by atoms with E-state index in [4.69, 9.17) is 27.9 Å². The molecule has 0 radical (unpaired) electrons. The highest BCUT2D eigenvalue weighted by Crippen LogP contribution is 2.30. The quantitative estimate of drug-likeness (QED) is 0.733. The number of rotatable bonds is 2. The number of halogens is 3. The van der Waals surface area contributed by atoms with Crippen molar-refractivity contribution in [2.24, 2.45) is 0 Å². The summed E-state index contributed by atoms with van der Waals surface area (Å²) >= 11 is 15.3. The molecule has 1 aromatic rings. The summed E-state index contributed by atoms with van der Waals surface area (Å²) in [7, 11) is 0. The fourth-order valence-corrected chi connectivity index (χ4v) is 2.61. The van der Waals surface area contributed by atoms with E-state index in [1.807, 2.05) is 20.8 Å². The Morgan fingerprint density at radius 3 is 2.18 bits per heavy atom. The van der Waals surface area contributed by atoms with Crippen LogP contribution in [0.4, 0.5) is 0 Å². The maximum atomic E-state index is 11.7. The molecule has 0 amide bonds. The molecule has 2 nitrogen and oxygen atoms in total. The Bertz CT molecular complexity index is 416. The molecule has 0 heterocycles. The van der Waals surface area contributed by atoms with Crippen LogP contribution in [0.15, 0.2) is 16.6 Å². The minimum atomic E-state index is -0.509. The summed E-state index contributed by atoms with van der Waals surface area (Å²) in [5.74, 6) is -0.344. The van der Waals surface area contributed by atoms with E-state index in [2.05, 4.69) is 15.9 Å². The fraction of sp³-hybridized carbons (Fsp3) is 0.417. The predicted molar refractivity (Wildman–Crippen MR) is 73.7 cm³/mol. The summed E-state index contributed by atoms with van der Waals surface area (Å²) in [5, 5.41) is 0.908. The second kappa shape index (κ2) is 5.59. The van der Waals surface area contributed by atoms with Crippen LogP contribution in [0, 0.1) is 0 Å². The minimum Gasteiger partial charge on any atom is -0.460 e. The number of ether oxygens (including phenoxy) is 1. The van der Waals surface area contributed by atoms with Crippen molar-refractivity contribution >= 4 is 45.1 Å². The van der Waals surface area contributed by atoms with Gasteiger partial charge in [0.05, 0.1) is 6.42 Å². The standard InChI is InChI=1S/C12H13BrCl2O2/c1-12(2,3)17-11(16)6-8-9(14)4-7(13)5-10(8)15/h4-5H,6H2,1-3H3. The summed E-state index contributed by atoms with van der Waals surface area (Å²) < 4.78 is 5.99. The lowest BCUT2D eigenvalue weighted by molar-refractivity contribution is -0.153. The SMILES string of the molecule is CC(C)(C)OC(=O)Cc1c(Cl)cc(Br)cc1Cl. The van der Waals surface area contributed by atoms with Crippen molar-refractivity contribution in [2.45, 2.75) is 32.8 Å². The Balaban J connectivity index is 2.86. The highest BCUT2D eigenvalue weighted by atomic mass is 79.9. The number of hydrogen-bond donors (Lipinski definition) is 0. The number of carbonyl (C=O) groups is 1. The fourth-order valence-electron chi connectivity index (χ4n) is 1.26. The molecule has 0 aliphatic rings. The molecule has 0 aliphatic heterocycles. The molecule has 1 aromatic carbocycles. The van der Waals surface area contributed by atoms with Crippen LogP contribution in [0.2, 0.25) is 10.0 Å². The first kappa shape index (κ1) is 14.8. The van der Waals surface area contributed by atoms with E-state index in [0.717, 1.165) is 4.47 Å². The van der Waals surface area contributed by atoms with Gasteiger partial charge in [0, 0.05) is 20.1 Å². The molecule has 0 aliphatic carbocycles. The van der Waals surface area contributed by atoms with E-state index in [-0.39, 0.29) is 12.4 Å². The van der Waals surface area contributed by atoms with Gasteiger partial charge in [-0.05, 0) is 32.9 Å². The van der Waals surface area contributed by atoms with Crippen molar-refractivity contribution in [1.29, 1.82) is 0 Å². The lowest BCUT2D eigenvalue weighted by Crippen LogP contribution is -2.25. The molecular formula is C12H13BrCl2O2. The molecule has 0 spiro atoms. The van der Waals surface area contributed by atoms with Crippen LogP contribution in [0.5, 0.6) is 0 Å². The van der Waals surface area contributed by atoms with E-state index in [0.29, 0.717) is 15.6 Å². The van der Waals surface area contributed by atoms with E-state index in [1.54, 1.807) is 12.1 Å². The molecule has 5 heteroatoms. The minimum absolute atomic E-state index is 0.0716. The molecule has 0 fully saturated rings. The molecule has 0 N–H and O–H groups in total. The molecular weight excluding hydrogens is 327 g/mol. The molecule has 94 valence electrons. The van der Waals surface area contributed by atoms with Gasteiger partial charge in [0.2, 0.25) is 0 Å². The predicted octanol–water partition coefficient (Wildman–Crippen LogP) is 4.64. The van der Waals surface area contributed by atoms with Gasteiger partial charge in [0.1, 0.15) is 5.60 Å². The zero-order valence-electron chi connectivity index (χ0n) is 9.81. The van der Waals surface area contributed by atoms with Gasteiger partial charge in [0.25, 0.3) is 0 Å². The van der Waals surface area contributed by atoms with Crippen LogP contribution in [-0.4, -0.2) is 11.6 Å². The number of hydrogen-bond acceptors (Lipinski definition) is 2. The van der Waals surface area contributed by atoms with Crippen molar-refractivity contribution in [3.05, 3.63) is 32.2 Å². The van der Waals surface area contributed by atoms with Gasteiger partial charge in [-0.3, -0.25) is 4.79 Å². The number of benzene rings is 1. The van der Waals surface area contributed by atoms with Crippen LogP contribution >= 0.6 is 39.1 Å². The molecule has 0 saturated heterocycles. The molecule has 0 bridgehead atoms. The maximum absolute atomic E-state index is 11.7. The van der Waals surface area contributed by atoms with Gasteiger partial charge in [-0.25, -0.2) is 0 Å². The third kappa shape index (κ3) is 4.86. The van der Waals surface area contributed by atoms with Gasteiger partial charge < -0.3 is 4.74 Å². The highest BCUT2D eigenvalue weighted by molar-refractivity contribution is 9.10. The molecule has 1 rings (SSSR count). The topological polar surface area (TPSA) is 26.3 Å². The van der Waals surface area contributed by atoms with Gasteiger partial charge in [0.15, 0.2) is 0 Å². The summed E-state index contributed by atoms with van der Waals surface area (Å²) in [5.41, 5.74) is 0.0802. The molecule has 17 heavy (non-hydrogen) atoms. The lowest BCUT2D eigenvalue weighted by Gasteiger charge is -2.20. The maximum Gasteiger partial charge on any atom is 0.310 e. The summed E-state index contributed by atoms with van der Waals surface area (Å²) in [6.07, 6.45) is 0.0716. The van der Waals surface area contributed by atoms with E-state index < -0.39 is 5.60 Å². The summed E-state index contributed by atoms with van der Waals surface area (Å²) in [4.78, 5) is 11.7. The molecule has 0 aromatic heterocycles. The van der Waals surface area contributed by atoms with Crippen molar-refractivity contribution in [3.8, 4) is 0 Å². The Morgan fingerprint density at radius 2 is 1.76 bits per heavy atom. The number of esters is 1. The first-order chi connectivity index (χ1) is 7.69. The van der Waals surface area contributed by atoms with E-state index >= 15 is 0 Å². The van der Waals surface area contributed by atoms with Crippen LogP contribution in [0.25, 0.3) is 0 Å². The zero-order chi connectivity index (χ0) is 13.2. The molecule has 0 saturated carbocycles. The lowest BCUT2D eigenvalue weighted by atomic mass is 10.1. The normalized spacial score (nSPS) is 11.4. The first-order valence-corrected chi connectivity index (χ1v) is 6.59. The second-order valence-electron chi connectivity index (χ2n) is 4.61. The van der Waals surface area contributed by atoms with Crippen LogP contribution in [-0.2, 0) is 16.0 Å². The van der Waals surface area contributed by atoms with Gasteiger partial charge in [-0.1, -0.05) is 39.1 Å². The third-order valence-corrected chi connectivity index (χ3v) is 2.98. The summed E-state index contributed by atoms with van der Waals surface area (Å²) in [6.45, 7) is 5.45. The molecule has 0 atom stereocenters. The van der Waals surface area contributed by atoms with Crippen LogP contribution in [0.3, 0.4) is 0 Å². The zero-order valence-corrected chi connectivity index (χ0v) is 12.9. The number of carbonyl (C=O) groups excluding carboxylic acids is 1. The summed E-state index contributed by atoms with van der Waals surface area (Å²) in [6, 6.07) is 3.40. The second-order valence-corrected chi connectivity index (χ2v) is 6.34. The van der Waals surface area contributed by atoms with E-state index in [9.17, 15) is 4.79 Å². The Morgan fingerprint density at radius 1 is 1.29 bits per heavy atom. The average molecular weight is 340 g/mol. The van der Waals surface area contributed by atoms with Gasteiger partial charge >= 0.3 is 5.97 Å². The first-order valence-electron chi connectivity index (χ1n) is 5.04.